The lowest BCUT2D eigenvalue weighted by atomic mass is 10.1. The maximum Gasteiger partial charge on any atom is 0.427 e. The van der Waals surface area contributed by atoms with E-state index in [0.29, 0.717) is 22.8 Å². The van der Waals surface area contributed by atoms with Gasteiger partial charge in [0.1, 0.15) is 5.75 Å². The van der Waals surface area contributed by atoms with Crippen LogP contribution in [0.15, 0.2) is 121 Å². The van der Waals surface area contributed by atoms with Gasteiger partial charge in [-0.15, -0.1) is 11.6 Å². The van der Waals surface area contributed by atoms with Crippen molar-refractivity contribution in [2.24, 2.45) is 0 Å². The van der Waals surface area contributed by atoms with E-state index in [0.717, 1.165) is 29.7 Å². The number of benzene rings is 3. The van der Waals surface area contributed by atoms with Crippen LogP contribution in [-0.4, -0.2) is 33.7 Å². The van der Waals surface area contributed by atoms with E-state index in [1.165, 1.54) is 12.0 Å². The Morgan fingerprint density at radius 2 is 1.71 bits per heavy atom. The summed E-state index contributed by atoms with van der Waals surface area (Å²) in [6.45, 7) is 4.88. The van der Waals surface area contributed by atoms with E-state index in [1.807, 2.05) is 34.9 Å². The van der Waals surface area contributed by atoms with Crippen molar-refractivity contribution in [1.29, 1.82) is 0 Å². The van der Waals surface area contributed by atoms with Crippen molar-refractivity contribution in [3.63, 3.8) is 0 Å². The van der Waals surface area contributed by atoms with Crippen LogP contribution in [0.2, 0.25) is 0 Å². The number of carbonyl (C=O) groups excluding carboxylic acids is 3. The first-order valence-corrected chi connectivity index (χ1v) is 15.5. The number of allylic oxidation sites excluding steroid dienone is 4. The summed E-state index contributed by atoms with van der Waals surface area (Å²) in [6.07, 6.45) is 12.9. The molecule has 0 bridgehead atoms. The monoisotopic (exact) mass is 621 g/mol. The highest BCUT2D eigenvalue weighted by atomic mass is 35.5. The fourth-order valence-electron chi connectivity index (χ4n) is 4.95. The van der Waals surface area contributed by atoms with Crippen molar-refractivity contribution >= 4 is 56.9 Å². The third-order valence-electron chi connectivity index (χ3n) is 7.13. The number of ether oxygens (including phenoxy) is 1. The Morgan fingerprint density at radius 3 is 2.49 bits per heavy atom. The minimum atomic E-state index is -1.01. The molecule has 3 aromatic carbocycles. The van der Waals surface area contributed by atoms with Crippen LogP contribution < -0.4 is 9.64 Å². The second-order valence-electron chi connectivity index (χ2n) is 10.2. The van der Waals surface area contributed by atoms with Crippen molar-refractivity contribution in [3.05, 3.63) is 127 Å². The normalized spacial score (nSPS) is 11.3. The smallest absolute Gasteiger partial charge is 0.410 e. The zero-order valence-corrected chi connectivity index (χ0v) is 26.4. The molecule has 0 fully saturated rings. The van der Waals surface area contributed by atoms with Crippen molar-refractivity contribution in [1.82, 2.24) is 9.55 Å². The number of hydrogen-bond acceptors (Lipinski definition) is 5. The van der Waals surface area contributed by atoms with E-state index in [4.69, 9.17) is 4.74 Å². The van der Waals surface area contributed by atoms with Crippen LogP contribution in [0.25, 0.3) is 21.8 Å². The van der Waals surface area contributed by atoms with E-state index in [-0.39, 0.29) is 17.0 Å². The highest BCUT2D eigenvalue weighted by Gasteiger charge is 2.33. The van der Waals surface area contributed by atoms with Gasteiger partial charge in [-0.25, -0.2) is 9.69 Å². The number of alkyl halides is 1. The number of nitrogens with zero attached hydrogens (tertiary/aromatic N) is 3. The Labute approximate surface area is 268 Å². The number of imide groups is 1. The Hall–Kier alpha value is -5.01. The number of amides is 2. The quantitative estimate of drug-likeness (QED) is 0.0672. The molecule has 2 heterocycles. The third-order valence-corrected chi connectivity index (χ3v) is 7.13. The number of Topliss-reactive ketones (excluding diaryl/α,β-unsaturated/α-hetero) is 1. The van der Waals surface area contributed by atoms with Crippen LogP contribution in [0.3, 0.4) is 0 Å². The first kappa shape index (κ1) is 32.9. The van der Waals surface area contributed by atoms with Gasteiger partial charge in [0.2, 0.25) is 0 Å². The van der Waals surface area contributed by atoms with Gasteiger partial charge in [-0.1, -0.05) is 73.2 Å². The molecular formula is C37H36ClN3O4. The first-order chi connectivity index (χ1) is 22.0. The number of carbonyl (C=O) groups is 3. The molecule has 0 unspecified atom stereocenters. The number of pyridine rings is 1. The van der Waals surface area contributed by atoms with Gasteiger partial charge in [0.15, 0.2) is 0 Å². The molecule has 45 heavy (non-hydrogen) atoms. The lowest BCUT2D eigenvalue weighted by Crippen LogP contribution is -2.43. The van der Waals surface area contributed by atoms with E-state index < -0.39 is 17.8 Å². The number of hydrogen-bond donors (Lipinski definition) is 0. The number of aromatic nitrogens is 2. The van der Waals surface area contributed by atoms with Crippen LogP contribution in [0.4, 0.5) is 10.5 Å². The Kier molecular flexibility index (Phi) is 11.8. The Bertz CT molecular complexity index is 1840. The van der Waals surface area contributed by atoms with Crippen molar-refractivity contribution in [2.75, 3.05) is 11.3 Å². The number of halogens is 1. The van der Waals surface area contributed by atoms with Crippen LogP contribution >= 0.6 is 11.6 Å². The summed E-state index contributed by atoms with van der Waals surface area (Å²) in [4.78, 5) is 46.4. The molecule has 5 rings (SSSR count). The summed E-state index contributed by atoms with van der Waals surface area (Å²) in [5.74, 6) is -1.55. The molecule has 5 aromatic rings. The Balaban J connectivity index is 0.00000226. The van der Waals surface area contributed by atoms with Crippen LogP contribution in [0, 0.1) is 0 Å². The van der Waals surface area contributed by atoms with Gasteiger partial charge in [0.05, 0.1) is 16.8 Å². The molecule has 0 radical (unpaired) electrons. The van der Waals surface area contributed by atoms with Crippen LogP contribution in [0.5, 0.6) is 5.75 Å². The van der Waals surface area contributed by atoms with Crippen molar-refractivity contribution in [2.45, 2.75) is 39.7 Å². The van der Waals surface area contributed by atoms with Crippen molar-refractivity contribution < 1.29 is 19.1 Å². The molecule has 7 nitrogen and oxygen atoms in total. The van der Waals surface area contributed by atoms with Crippen LogP contribution in [-0.2, 0) is 11.3 Å². The second kappa shape index (κ2) is 16.2. The van der Waals surface area contributed by atoms with Gasteiger partial charge in [-0.2, -0.15) is 0 Å². The van der Waals surface area contributed by atoms with E-state index in [2.05, 4.69) is 48.7 Å². The number of ketones is 1. The van der Waals surface area contributed by atoms with Gasteiger partial charge in [0, 0.05) is 41.6 Å². The zero-order chi connectivity index (χ0) is 32.2. The lowest BCUT2D eigenvalue weighted by Gasteiger charge is -2.20. The predicted octanol–water partition coefficient (Wildman–Crippen LogP) is 9.15. The summed E-state index contributed by atoms with van der Waals surface area (Å²) in [6, 6.07) is 24.4. The summed E-state index contributed by atoms with van der Waals surface area (Å²) >= 11 is 4.64. The zero-order valence-electron chi connectivity index (χ0n) is 25.7. The van der Waals surface area contributed by atoms with Gasteiger partial charge in [-0.05, 0) is 68.7 Å². The fraction of sp³-hybridized carbons (Fsp3) is 0.189. The predicted molar refractivity (Wildman–Crippen MR) is 182 cm³/mol. The topological polar surface area (TPSA) is 81.5 Å². The molecule has 2 amide bonds. The third kappa shape index (κ3) is 8.13. The van der Waals surface area contributed by atoms with E-state index in [1.54, 1.807) is 67.0 Å². The maximum atomic E-state index is 13.9. The molecule has 0 aliphatic rings. The van der Waals surface area contributed by atoms with E-state index in [9.17, 15) is 14.4 Å². The molecule has 0 N–H and O–H groups in total. The average Bonchev–Trinajstić information content (AvgIpc) is 3.44. The number of para-hydroxylation sites is 2. The lowest BCUT2D eigenvalue weighted by molar-refractivity contribution is -0.114. The highest BCUT2D eigenvalue weighted by Crippen LogP contribution is 2.27. The van der Waals surface area contributed by atoms with Crippen molar-refractivity contribution in [3.8, 4) is 5.75 Å². The summed E-state index contributed by atoms with van der Waals surface area (Å²) < 4.78 is 7.54. The second-order valence-corrected chi connectivity index (χ2v) is 10.2. The molecule has 8 heteroatoms. The fourth-order valence-corrected chi connectivity index (χ4v) is 4.95. The minimum Gasteiger partial charge on any atom is -0.410 e. The summed E-state index contributed by atoms with van der Waals surface area (Å²) in [7, 11) is 0. The molecule has 0 saturated carbocycles. The standard InChI is InChI=1S/C36H33N3O4.CH3Cl/c1-3-4-6-13-26(2)14-12-23-38-25-31(30-18-9-10-19-33(30)38)34(40)35(41)39(36(42)43-29-16-7-5-8-17-29)28-20-21-32-27(24-28)15-11-22-37-32;1-2/h4-11,13,15-22,24-25H,3,12,14,23H2,1-2H3;1H3/b6-4-,26-13+;. The summed E-state index contributed by atoms with van der Waals surface area (Å²) in [5.41, 5.74) is 3.25. The number of fused-ring (bicyclic) bond motifs is 2. The van der Waals surface area contributed by atoms with Gasteiger partial charge in [0.25, 0.3) is 5.78 Å². The van der Waals surface area contributed by atoms with Gasteiger partial charge < -0.3 is 9.30 Å². The average molecular weight is 622 g/mol. The van der Waals surface area contributed by atoms with Crippen LogP contribution in [0.1, 0.15) is 43.5 Å². The van der Waals surface area contributed by atoms with Gasteiger partial charge in [-0.3, -0.25) is 14.6 Å². The molecule has 0 spiro atoms. The molecule has 230 valence electrons. The molecule has 0 aliphatic heterocycles. The molecule has 2 aromatic heterocycles. The SMILES string of the molecule is CC/C=C\C=C(/C)CCCn1cc(C(=O)C(=O)N(C(=O)Oc2ccccc2)c2ccc3ncccc3c2)c2ccccc21.CCl. The summed E-state index contributed by atoms with van der Waals surface area (Å²) in [5, 5.41) is 1.36. The first-order valence-electron chi connectivity index (χ1n) is 14.7. The molecule has 0 aliphatic carbocycles. The minimum absolute atomic E-state index is 0.211. The highest BCUT2D eigenvalue weighted by molar-refractivity contribution is 6.52. The molecule has 0 atom stereocenters. The number of rotatable bonds is 10. The molecule has 0 saturated heterocycles. The largest absolute Gasteiger partial charge is 0.427 e. The number of aryl methyl sites for hydroxylation is 1. The molecular weight excluding hydrogens is 586 g/mol. The Morgan fingerprint density at radius 1 is 0.956 bits per heavy atom. The van der Waals surface area contributed by atoms with E-state index >= 15 is 0 Å². The maximum absolute atomic E-state index is 13.9. The number of anilines is 1. The van der Waals surface area contributed by atoms with Gasteiger partial charge >= 0.3 is 12.0 Å².